The number of carbonyl (C=O) groups is 1. The predicted molar refractivity (Wildman–Crippen MR) is 90.1 cm³/mol. The summed E-state index contributed by atoms with van der Waals surface area (Å²) < 4.78 is 28.6. The number of carbonyl (C=O) groups excluding carboxylic acids is 1. The zero-order chi connectivity index (χ0) is 16.9. The number of nitrogens with zero attached hydrogens (tertiary/aromatic N) is 2. The van der Waals surface area contributed by atoms with Crippen LogP contribution in [0.15, 0.2) is 0 Å². The van der Waals surface area contributed by atoms with Crippen molar-refractivity contribution < 1.29 is 17.9 Å². The van der Waals surface area contributed by atoms with E-state index in [2.05, 4.69) is 18.7 Å². The molecule has 0 aliphatic carbocycles. The fraction of sp³-hybridized carbons (Fsp3) is 0.938. The van der Waals surface area contributed by atoms with Crippen LogP contribution in [0, 0.1) is 11.8 Å². The molecule has 0 bridgehead atoms. The Morgan fingerprint density at radius 3 is 2.43 bits per heavy atom. The lowest BCUT2D eigenvalue weighted by Gasteiger charge is -2.35. The first-order chi connectivity index (χ1) is 10.9. The molecule has 2 heterocycles. The average Bonchev–Trinajstić information content (AvgIpc) is 2.87. The number of amides is 1. The second-order valence-electron chi connectivity index (χ2n) is 7.06. The molecule has 0 N–H and O–H groups in total. The highest BCUT2D eigenvalue weighted by Gasteiger charge is 2.36. The molecular weight excluding hydrogens is 316 g/mol. The van der Waals surface area contributed by atoms with Crippen LogP contribution < -0.4 is 0 Å². The van der Waals surface area contributed by atoms with Gasteiger partial charge >= 0.3 is 0 Å². The first-order valence-electron chi connectivity index (χ1n) is 8.67. The third kappa shape index (κ3) is 6.04. The Morgan fingerprint density at radius 1 is 1.17 bits per heavy atom. The van der Waals surface area contributed by atoms with Crippen molar-refractivity contribution in [2.45, 2.75) is 26.7 Å². The summed E-state index contributed by atoms with van der Waals surface area (Å²) in [5, 5.41) is 0. The van der Waals surface area contributed by atoms with E-state index in [9.17, 15) is 13.2 Å². The fourth-order valence-corrected chi connectivity index (χ4v) is 4.79. The topological polar surface area (TPSA) is 66.9 Å². The van der Waals surface area contributed by atoms with E-state index in [4.69, 9.17) is 4.74 Å². The van der Waals surface area contributed by atoms with Crippen molar-refractivity contribution in [2.24, 2.45) is 11.8 Å². The molecule has 2 saturated heterocycles. The average molecular weight is 346 g/mol. The van der Waals surface area contributed by atoms with E-state index < -0.39 is 9.84 Å². The molecule has 0 aromatic heterocycles. The number of rotatable bonds is 7. The molecule has 0 unspecified atom stereocenters. The van der Waals surface area contributed by atoms with Gasteiger partial charge in [-0.25, -0.2) is 8.42 Å². The summed E-state index contributed by atoms with van der Waals surface area (Å²) in [5.74, 6) is 0.584. The lowest BCUT2D eigenvalue weighted by atomic mass is 10.1. The summed E-state index contributed by atoms with van der Waals surface area (Å²) >= 11 is 0. The highest BCUT2D eigenvalue weighted by atomic mass is 32.2. The van der Waals surface area contributed by atoms with E-state index >= 15 is 0 Å². The van der Waals surface area contributed by atoms with Gasteiger partial charge in [-0.3, -0.25) is 9.69 Å². The maximum atomic E-state index is 12.4. The van der Waals surface area contributed by atoms with Gasteiger partial charge in [-0.05, 0) is 18.8 Å². The first-order valence-corrected chi connectivity index (χ1v) is 10.5. The van der Waals surface area contributed by atoms with Crippen LogP contribution in [0.3, 0.4) is 0 Å². The van der Waals surface area contributed by atoms with E-state index in [-0.39, 0.29) is 23.3 Å². The summed E-state index contributed by atoms with van der Waals surface area (Å²) in [6.07, 6.45) is 1.58. The van der Waals surface area contributed by atoms with Crippen LogP contribution in [0.2, 0.25) is 0 Å². The molecule has 0 radical (unpaired) electrons. The molecule has 1 atom stereocenters. The van der Waals surface area contributed by atoms with Crippen LogP contribution in [0.5, 0.6) is 0 Å². The van der Waals surface area contributed by atoms with Gasteiger partial charge in [-0.1, -0.05) is 13.8 Å². The minimum absolute atomic E-state index is 0.0268. The summed E-state index contributed by atoms with van der Waals surface area (Å²) in [6, 6.07) is 0. The summed E-state index contributed by atoms with van der Waals surface area (Å²) in [5.41, 5.74) is 0. The first kappa shape index (κ1) is 18.7. The number of sulfone groups is 1. The van der Waals surface area contributed by atoms with Gasteiger partial charge in [0.05, 0.1) is 24.0 Å². The summed E-state index contributed by atoms with van der Waals surface area (Å²) in [7, 11) is -2.99. The summed E-state index contributed by atoms with van der Waals surface area (Å²) in [6.45, 7) is 9.91. The number of ether oxygens (including phenoxy) is 1. The Bertz CT molecular complexity index is 484. The quantitative estimate of drug-likeness (QED) is 0.633. The molecule has 2 rings (SSSR count). The van der Waals surface area contributed by atoms with Gasteiger partial charge in [0.15, 0.2) is 9.84 Å². The van der Waals surface area contributed by atoms with Gasteiger partial charge in [0.25, 0.3) is 0 Å². The van der Waals surface area contributed by atoms with Gasteiger partial charge in [-0.15, -0.1) is 0 Å². The molecule has 134 valence electrons. The van der Waals surface area contributed by atoms with E-state index in [1.165, 1.54) is 0 Å². The van der Waals surface area contributed by atoms with Crippen molar-refractivity contribution in [2.75, 3.05) is 57.4 Å². The minimum atomic E-state index is -2.99. The lowest BCUT2D eigenvalue weighted by molar-refractivity contribution is -0.136. The Kier molecular flexibility index (Phi) is 6.85. The van der Waals surface area contributed by atoms with Gasteiger partial charge < -0.3 is 9.64 Å². The minimum Gasteiger partial charge on any atom is -0.380 e. The van der Waals surface area contributed by atoms with Gasteiger partial charge in [0.2, 0.25) is 5.91 Å². The Labute approximate surface area is 140 Å². The largest absolute Gasteiger partial charge is 0.380 e. The molecule has 0 aromatic carbocycles. The van der Waals surface area contributed by atoms with Crippen molar-refractivity contribution >= 4 is 15.7 Å². The third-order valence-electron chi connectivity index (χ3n) is 4.66. The van der Waals surface area contributed by atoms with E-state index in [1.807, 2.05) is 4.90 Å². The Balaban J connectivity index is 1.63. The second-order valence-corrected chi connectivity index (χ2v) is 9.29. The van der Waals surface area contributed by atoms with Crippen LogP contribution >= 0.6 is 0 Å². The third-order valence-corrected chi connectivity index (χ3v) is 6.42. The zero-order valence-electron chi connectivity index (χ0n) is 14.4. The lowest BCUT2D eigenvalue weighted by Crippen LogP contribution is -2.51. The molecule has 2 aliphatic heterocycles. The van der Waals surface area contributed by atoms with Crippen molar-refractivity contribution in [3.63, 3.8) is 0 Å². The van der Waals surface area contributed by atoms with Gasteiger partial charge in [-0.2, -0.15) is 0 Å². The smallest absolute Gasteiger partial charge is 0.226 e. The Morgan fingerprint density at radius 2 is 1.87 bits per heavy atom. The van der Waals surface area contributed by atoms with Crippen LogP contribution in [0.1, 0.15) is 26.7 Å². The van der Waals surface area contributed by atoms with Crippen LogP contribution in [-0.4, -0.2) is 81.6 Å². The molecule has 23 heavy (non-hydrogen) atoms. The molecule has 7 heteroatoms. The maximum absolute atomic E-state index is 12.4. The second kappa shape index (κ2) is 8.44. The van der Waals surface area contributed by atoms with Crippen molar-refractivity contribution in [3.05, 3.63) is 0 Å². The molecule has 0 spiro atoms. The van der Waals surface area contributed by atoms with Gasteiger partial charge in [0.1, 0.15) is 0 Å². The monoisotopic (exact) mass is 346 g/mol. The van der Waals surface area contributed by atoms with E-state index in [0.717, 1.165) is 39.3 Å². The van der Waals surface area contributed by atoms with Crippen molar-refractivity contribution in [1.29, 1.82) is 0 Å². The molecule has 2 aliphatic rings. The van der Waals surface area contributed by atoms with Crippen molar-refractivity contribution in [1.82, 2.24) is 9.80 Å². The van der Waals surface area contributed by atoms with E-state index in [0.29, 0.717) is 25.4 Å². The predicted octanol–water partition coefficient (Wildman–Crippen LogP) is 0.628. The number of hydrogen-bond donors (Lipinski definition) is 0. The summed E-state index contributed by atoms with van der Waals surface area (Å²) in [4.78, 5) is 16.5. The molecular formula is C16H30N2O4S. The molecule has 6 nitrogen and oxygen atoms in total. The maximum Gasteiger partial charge on any atom is 0.226 e. The van der Waals surface area contributed by atoms with Crippen LogP contribution in [0.4, 0.5) is 0 Å². The van der Waals surface area contributed by atoms with E-state index in [1.54, 1.807) is 0 Å². The Hall–Kier alpha value is -0.660. The SMILES string of the molecule is CC(C)CCOCCN1CCN(C(=O)[C@H]2CCS(=O)(=O)C2)CC1. The standard InChI is InChI=1S/C16H30N2O4S/c1-14(2)3-10-22-11-9-17-5-7-18(8-6-17)16(19)15-4-12-23(20,21)13-15/h14-15H,3-13H2,1-2H3/t15-/m0/s1. The number of hydrogen-bond acceptors (Lipinski definition) is 5. The highest BCUT2D eigenvalue weighted by Crippen LogP contribution is 2.21. The molecule has 1 amide bonds. The normalized spacial score (nSPS) is 25.2. The molecule has 2 fully saturated rings. The number of piperazine rings is 1. The van der Waals surface area contributed by atoms with Crippen LogP contribution in [0.25, 0.3) is 0 Å². The van der Waals surface area contributed by atoms with Crippen LogP contribution in [-0.2, 0) is 19.4 Å². The van der Waals surface area contributed by atoms with Crippen molar-refractivity contribution in [3.8, 4) is 0 Å². The van der Waals surface area contributed by atoms with Gasteiger partial charge in [0, 0.05) is 39.3 Å². The zero-order valence-corrected chi connectivity index (χ0v) is 15.2. The fourth-order valence-electron chi connectivity index (χ4n) is 3.05. The molecule has 0 saturated carbocycles. The molecule has 0 aromatic rings. The highest BCUT2D eigenvalue weighted by molar-refractivity contribution is 7.91.